The van der Waals surface area contributed by atoms with Gasteiger partial charge in [0.05, 0.1) is 17.2 Å². The summed E-state index contributed by atoms with van der Waals surface area (Å²) in [5, 5.41) is 2.76. The summed E-state index contributed by atoms with van der Waals surface area (Å²) in [7, 11) is 0. The molecular formula is C23H23BrN2O5. The first-order valence-electron chi connectivity index (χ1n) is 9.89. The third kappa shape index (κ3) is 4.85. The fourth-order valence-electron chi connectivity index (χ4n) is 3.48. The molecule has 3 amide bonds. The van der Waals surface area contributed by atoms with Gasteiger partial charge < -0.3 is 10.1 Å². The molecule has 1 unspecified atom stereocenters. The minimum absolute atomic E-state index is 0.256. The Bertz CT molecular complexity index is 984. The third-order valence-corrected chi connectivity index (χ3v) is 5.60. The number of imide groups is 1. The summed E-state index contributed by atoms with van der Waals surface area (Å²) in [6.07, 6.45) is 0. The minimum atomic E-state index is -1.12. The minimum Gasteiger partial charge on any atom is -0.454 e. The summed E-state index contributed by atoms with van der Waals surface area (Å²) in [5.41, 5.74) is 1.41. The van der Waals surface area contributed by atoms with Crippen LogP contribution >= 0.6 is 15.9 Å². The summed E-state index contributed by atoms with van der Waals surface area (Å²) in [5.74, 6) is -2.74. The molecule has 0 saturated heterocycles. The van der Waals surface area contributed by atoms with Crippen molar-refractivity contribution in [2.24, 2.45) is 5.92 Å². The van der Waals surface area contributed by atoms with Crippen LogP contribution in [-0.2, 0) is 14.3 Å². The molecule has 7 nitrogen and oxygen atoms in total. The van der Waals surface area contributed by atoms with Crippen molar-refractivity contribution in [3.63, 3.8) is 0 Å². The van der Waals surface area contributed by atoms with E-state index in [0.717, 1.165) is 14.9 Å². The summed E-state index contributed by atoms with van der Waals surface area (Å²) in [4.78, 5) is 51.4. The van der Waals surface area contributed by atoms with E-state index in [2.05, 4.69) is 21.2 Å². The lowest BCUT2D eigenvalue weighted by molar-refractivity contribution is -0.153. The third-order valence-electron chi connectivity index (χ3n) is 5.07. The van der Waals surface area contributed by atoms with Gasteiger partial charge in [-0.1, -0.05) is 54.0 Å². The highest BCUT2D eigenvalue weighted by Gasteiger charge is 2.44. The average molecular weight is 487 g/mol. The van der Waals surface area contributed by atoms with Gasteiger partial charge in [-0.3, -0.25) is 19.3 Å². The summed E-state index contributed by atoms with van der Waals surface area (Å²) >= 11 is 3.36. The number of benzene rings is 2. The molecule has 162 valence electrons. The first kappa shape index (κ1) is 22.7. The highest BCUT2D eigenvalue weighted by Crippen LogP contribution is 2.27. The van der Waals surface area contributed by atoms with Crippen molar-refractivity contribution in [1.82, 2.24) is 10.2 Å². The van der Waals surface area contributed by atoms with Crippen molar-refractivity contribution >= 4 is 39.6 Å². The summed E-state index contributed by atoms with van der Waals surface area (Å²) < 4.78 is 6.11. The summed E-state index contributed by atoms with van der Waals surface area (Å²) in [6.45, 7) is 4.74. The molecular weight excluding hydrogens is 464 g/mol. The van der Waals surface area contributed by atoms with Crippen molar-refractivity contribution in [2.75, 3.05) is 6.61 Å². The van der Waals surface area contributed by atoms with Crippen LogP contribution in [0.25, 0.3) is 0 Å². The average Bonchev–Trinajstić information content (AvgIpc) is 2.98. The molecule has 0 spiro atoms. The van der Waals surface area contributed by atoms with E-state index in [0.29, 0.717) is 0 Å². The Morgan fingerprint density at radius 3 is 2.03 bits per heavy atom. The number of rotatable bonds is 7. The van der Waals surface area contributed by atoms with Crippen LogP contribution in [0.15, 0.2) is 53.0 Å². The molecule has 0 aliphatic carbocycles. The molecule has 0 bridgehead atoms. The van der Waals surface area contributed by atoms with Gasteiger partial charge in [0.25, 0.3) is 17.7 Å². The number of carbonyl (C=O) groups excluding carboxylic acids is 4. The Balaban J connectivity index is 1.64. The van der Waals surface area contributed by atoms with E-state index in [1.54, 1.807) is 38.1 Å². The van der Waals surface area contributed by atoms with Crippen LogP contribution in [0.2, 0.25) is 0 Å². The zero-order chi connectivity index (χ0) is 22.7. The molecule has 0 aromatic heterocycles. The second-order valence-corrected chi connectivity index (χ2v) is 8.58. The maximum Gasteiger partial charge on any atom is 0.330 e. The van der Waals surface area contributed by atoms with E-state index in [-0.39, 0.29) is 23.1 Å². The summed E-state index contributed by atoms with van der Waals surface area (Å²) in [6, 6.07) is 12.5. The number of halogens is 1. The van der Waals surface area contributed by atoms with Crippen molar-refractivity contribution in [1.29, 1.82) is 0 Å². The van der Waals surface area contributed by atoms with Crippen LogP contribution in [0.1, 0.15) is 53.1 Å². The molecule has 3 rings (SSSR count). The fourth-order valence-corrected chi connectivity index (χ4v) is 3.74. The molecule has 8 heteroatoms. The molecule has 1 N–H and O–H groups in total. The van der Waals surface area contributed by atoms with Crippen LogP contribution in [0.5, 0.6) is 0 Å². The molecule has 1 aliphatic heterocycles. The van der Waals surface area contributed by atoms with Gasteiger partial charge in [0, 0.05) is 4.47 Å². The molecule has 1 aliphatic rings. The standard InChI is InChI=1S/C23H23BrN2O5/c1-13(2)20(26-21(28)17-6-4-5-7-18(17)22(26)29)23(30)31-12-19(27)25-14(3)15-8-10-16(24)11-9-15/h4-11,13-14,20H,12H2,1-3H3,(H,25,27)/t14?,20-/m0/s1. The van der Waals surface area contributed by atoms with Gasteiger partial charge in [0.2, 0.25) is 0 Å². The predicted molar refractivity (Wildman–Crippen MR) is 117 cm³/mol. The lowest BCUT2D eigenvalue weighted by Gasteiger charge is -2.27. The number of nitrogens with one attached hydrogen (secondary N) is 1. The van der Waals surface area contributed by atoms with Crippen molar-refractivity contribution in [3.8, 4) is 0 Å². The lowest BCUT2D eigenvalue weighted by Crippen LogP contribution is -2.49. The second kappa shape index (κ2) is 9.43. The fraction of sp³-hybridized carbons (Fsp3) is 0.304. The van der Waals surface area contributed by atoms with E-state index < -0.39 is 36.3 Å². The first-order chi connectivity index (χ1) is 14.7. The molecule has 31 heavy (non-hydrogen) atoms. The molecule has 2 atom stereocenters. The monoisotopic (exact) mass is 486 g/mol. The topological polar surface area (TPSA) is 92.8 Å². The number of carbonyl (C=O) groups is 4. The van der Waals surface area contributed by atoms with Crippen molar-refractivity contribution in [3.05, 3.63) is 69.7 Å². The van der Waals surface area contributed by atoms with Crippen LogP contribution in [0.4, 0.5) is 0 Å². The number of fused-ring (bicyclic) bond motifs is 1. The largest absolute Gasteiger partial charge is 0.454 e. The SMILES string of the molecule is CC(NC(=O)COC(=O)[C@H](C(C)C)N1C(=O)c2ccccc2C1=O)c1ccc(Br)cc1. The van der Waals surface area contributed by atoms with Gasteiger partial charge >= 0.3 is 5.97 Å². The normalized spacial score (nSPS) is 14.9. The Labute approximate surface area is 188 Å². The number of amides is 3. The number of hydrogen-bond donors (Lipinski definition) is 1. The predicted octanol–water partition coefficient (Wildman–Crippen LogP) is 3.49. The molecule has 0 saturated carbocycles. The van der Waals surface area contributed by atoms with E-state index in [1.807, 2.05) is 31.2 Å². The number of hydrogen-bond acceptors (Lipinski definition) is 5. The number of ether oxygens (including phenoxy) is 1. The number of nitrogens with zero attached hydrogens (tertiary/aromatic N) is 1. The zero-order valence-electron chi connectivity index (χ0n) is 17.4. The first-order valence-corrected chi connectivity index (χ1v) is 10.7. The second-order valence-electron chi connectivity index (χ2n) is 7.66. The van der Waals surface area contributed by atoms with E-state index >= 15 is 0 Å². The van der Waals surface area contributed by atoms with Gasteiger partial charge in [-0.2, -0.15) is 0 Å². The Morgan fingerprint density at radius 1 is 0.968 bits per heavy atom. The van der Waals surface area contributed by atoms with Crippen LogP contribution in [0.3, 0.4) is 0 Å². The van der Waals surface area contributed by atoms with Crippen molar-refractivity contribution < 1.29 is 23.9 Å². The smallest absolute Gasteiger partial charge is 0.330 e. The quantitative estimate of drug-likeness (QED) is 0.477. The Morgan fingerprint density at radius 2 is 1.52 bits per heavy atom. The molecule has 1 heterocycles. The zero-order valence-corrected chi connectivity index (χ0v) is 19.0. The van der Waals surface area contributed by atoms with E-state index in [9.17, 15) is 19.2 Å². The van der Waals surface area contributed by atoms with Crippen LogP contribution in [0, 0.1) is 5.92 Å². The van der Waals surface area contributed by atoms with Gasteiger partial charge in [-0.05, 0) is 42.7 Å². The molecule has 2 aromatic rings. The van der Waals surface area contributed by atoms with E-state index in [4.69, 9.17) is 4.74 Å². The Hall–Kier alpha value is -3.00. The highest BCUT2D eigenvalue weighted by atomic mass is 79.9. The van der Waals surface area contributed by atoms with Crippen LogP contribution < -0.4 is 5.32 Å². The maximum atomic E-state index is 12.8. The van der Waals surface area contributed by atoms with Crippen molar-refractivity contribution in [2.45, 2.75) is 32.9 Å². The highest BCUT2D eigenvalue weighted by molar-refractivity contribution is 9.10. The number of esters is 1. The molecule has 0 radical (unpaired) electrons. The lowest BCUT2D eigenvalue weighted by atomic mass is 10.0. The van der Waals surface area contributed by atoms with E-state index in [1.165, 1.54) is 0 Å². The molecule has 2 aromatic carbocycles. The Kier molecular flexibility index (Phi) is 6.90. The maximum absolute atomic E-state index is 12.8. The van der Waals surface area contributed by atoms with Gasteiger partial charge in [-0.15, -0.1) is 0 Å². The molecule has 0 fully saturated rings. The van der Waals surface area contributed by atoms with Gasteiger partial charge in [-0.25, -0.2) is 4.79 Å². The van der Waals surface area contributed by atoms with Gasteiger partial charge in [0.15, 0.2) is 6.61 Å². The van der Waals surface area contributed by atoms with Gasteiger partial charge in [0.1, 0.15) is 6.04 Å². The van der Waals surface area contributed by atoms with Crippen LogP contribution in [-0.4, -0.2) is 41.2 Å².